The number of halogens is 1. The van der Waals surface area contributed by atoms with Gasteiger partial charge in [-0.3, -0.25) is 0 Å². The van der Waals surface area contributed by atoms with Gasteiger partial charge in [-0.1, -0.05) is 23.7 Å². The molecule has 0 atom stereocenters. The quantitative estimate of drug-likeness (QED) is 0.738. The van der Waals surface area contributed by atoms with Crippen molar-refractivity contribution in [3.63, 3.8) is 0 Å². The normalized spacial score (nSPS) is 11.3. The number of hydrogen-bond acceptors (Lipinski definition) is 4. The van der Waals surface area contributed by atoms with Gasteiger partial charge >= 0.3 is 0 Å². The lowest BCUT2D eigenvalue weighted by atomic mass is 10.2. The maximum atomic E-state index is 9.94. The molecule has 0 aliphatic rings. The molecule has 0 saturated heterocycles. The molecule has 0 amide bonds. The van der Waals surface area contributed by atoms with Gasteiger partial charge in [0.2, 0.25) is 0 Å². The minimum absolute atomic E-state index is 0.177. The van der Waals surface area contributed by atoms with E-state index >= 15 is 0 Å². The second kappa shape index (κ2) is 6.22. The number of aromatic hydroxyl groups is 1. The van der Waals surface area contributed by atoms with Gasteiger partial charge in [-0.2, -0.15) is 5.10 Å². The Morgan fingerprint density at radius 1 is 1.13 bits per heavy atom. The molecule has 0 radical (unpaired) electrons. The number of ether oxygens (including phenoxy) is 2. The number of nitrogens with zero attached hydrogens (tertiary/aromatic N) is 2. The summed E-state index contributed by atoms with van der Waals surface area (Å²) < 4.78 is 12.1. The summed E-state index contributed by atoms with van der Waals surface area (Å²) in [6.07, 6.45) is 3.16. The average Bonchev–Trinajstić information content (AvgIpc) is 2.90. The third-order valence-corrected chi connectivity index (χ3v) is 3.90. The lowest BCUT2D eigenvalue weighted by molar-refractivity contribution is 0.355. The van der Waals surface area contributed by atoms with Crippen LogP contribution in [-0.2, 0) is 0 Å². The zero-order valence-electron chi connectivity index (χ0n) is 12.7. The van der Waals surface area contributed by atoms with Crippen molar-refractivity contribution < 1.29 is 14.6 Å². The van der Waals surface area contributed by atoms with Crippen molar-refractivity contribution in [3.8, 4) is 17.2 Å². The van der Waals surface area contributed by atoms with Crippen molar-refractivity contribution >= 4 is 28.7 Å². The van der Waals surface area contributed by atoms with Crippen LogP contribution >= 0.6 is 11.6 Å². The van der Waals surface area contributed by atoms with Crippen molar-refractivity contribution in [2.24, 2.45) is 5.10 Å². The van der Waals surface area contributed by atoms with E-state index in [1.165, 1.54) is 7.11 Å². The first-order chi connectivity index (χ1) is 11.2. The van der Waals surface area contributed by atoms with Gasteiger partial charge < -0.3 is 14.6 Å². The first kappa shape index (κ1) is 15.2. The first-order valence-corrected chi connectivity index (χ1v) is 7.27. The second-order valence-electron chi connectivity index (χ2n) is 4.82. The summed E-state index contributed by atoms with van der Waals surface area (Å²) in [6.45, 7) is 0. The first-order valence-electron chi connectivity index (χ1n) is 6.89. The standard InChI is InChI=1S/C17H15ClN2O3/c1-22-15-8-7-11(16(18)17(15)23-2)9-19-20-10-14(21)12-5-3-4-6-13(12)20/h3-10,21H,1-2H3. The minimum atomic E-state index is 0.177. The molecule has 0 saturated carbocycles. The lowest BCUT2D eigenvalue weighted by Crippen LogP contribution is -1.95. The van der Waals surface area contributed by atoms with Crippen LogP contribution in [0.3, 0.4) is 0 Å². The van der Waals surface area contributed by atoms with E-state index in [-0.39, 0.29) is 5.75 Å². The Morgan fingerprint density at radius 2 is 1.91 bits per heavy atom. The highest BCUT2D eigenvalue weighted by atomic mass is 35.5. The monoisotopic (exact) mass is 330 g/mol. The molecule has 0 aliphatic carbocycles. The summed E-state index contributed by atoms with van der Waals surface area (Å²) in [6, 6.07) is 11.0. The third kappa shape index (κ3) is 2.71. The molecular formula is C17H15ClN2O3. The van der Waals surface area contributed by atoms with E-state index in [4.69, 9.17) is 21.1 Å². The summed E-state index contributed by atoms with van der Waals surface area (Å²) in [5.41, 5.74) is 1.49. The largest absolute Gasteiger partial charge is 0.506 e. The number of methoxy groups -OCH3 is 2. The molecule has 0 fully saturated rings. The minimum Gasteiger partial charge on any atom is -0.506 e. The molecular weight excluding hydrogens is 316 g/mol. The van der Waals surface area contributed by atoms with Crippen molar-refractivity contribution in [3.05, 3.63) is 53.2 Å². The maximum absolute atomic E-state index is 9.94. The van der Waals surface area contributed by atoms with Gasteiger partial charge in [-0.25, -0.2) is 4.68 Å². The number of benzene rings is 2. The summed E-state index contributed by atoms with van der Waals surface area (Å²) in [4.78, 5) is 0. The van der Waals surface area contributed by atoms with E-state index in [2.05, 4.69) is 5.10 Å². The maximum Gasteiger partial charge on any atom is 0.180 e. The zero-order chi connectivity index (χ0) is 16.4. The molecule has 0 unspecified atom stereocenters. The number of hydrogen-bond donors (Lipinski definition) is 1. The van der Waals surface area contributed by atoms with Crippen LogP contribution in [0.15, 0.2) is 47.7 Å². The van der Waals surface area contributed by atoms with Gasteiger partial charge in [-0.05, 0) is 24.3 Å². The average molecular weight is 331 g/mol. The van der Waals surface area contributed by atoms with Gasteiger partial charge in [-0.15, -0.1) is 0 Å². The Hall–Kier alpha value is -2.66. The highest BCUT2D eigenvalue weighted by Gasteiger charge is 2.12. The Balaban J connectivity index is 2.03. The van der Waals surface area contributed by atoms with Crippen LogP contribution in [0, 0.1) is 0 Å². The van der Waals surface area contributed by atoms with Crippen LogP contribution in [0.25, 0.3) is 10.9 Å². The van der Waals surface area contributed by atoms with Gasteiger partial charge in [0.1, 0.15) is 5.75 Å². The Kier molecular flexibility index (Phi) is 4.12. The van der Waals surface area contributed by atoms with Crippen LogP contribution in [0.1, 0.15) is 5.56 Å². The highest BCUT2D eigenvalue weighted by molar-refractivity contribution is 6.34. The summed E-state index contributed by atoms with van der Waals surface area (Å²) in [5, 5.41) is 15.5. The van der Waals surface area contributed by atoms with Gasteiger partial charge in [0.25, 0.3) is 0 Å². The molecule has 1 aromatic heterocycles. The molecule has 2 aromatic carbocycles. The molecule has 1 heterocycles. The van der Waals surface area contributed by atoms with E-state index in [1.54, 1.807) is 36.3 Å². The summed E-state index contributed by atoms with van der Waals surface area (Å²) in [7, 11) is 3.08. The zero-order valence-corrected chi connectivity index (χ0v) is 13.4. The molecule has 1 N–H and O–H groups in total. The van der Waals surface area contributed by atoms with Crippen molar-refractivity contribution in [2.45, 2.75) is 0 Å². The number of aromatic nitrogens is 1. The van der Waals surface area contributed by atoms with Crippen LogP contribution in [-0.4, -0.2) is 30.2 Å². The van der Waals surface area contributed by atoms with E-state index in [0.717, 1.165) is 10.9 Å². The molecule has 6 heteroatoms. The Morgan fingerprint density at radius 3 is 2.65 bits per heavy atom. The molecule has 5 nitrogen and oxygen atoms in total. The molecule has 3 rings (SSSR count). The smallest absolute Gasteiger partial charge is 0.180 e. The molecule has 0 spiro atoms. The number of para-hydroxylation sites is 1. The van der Waals surface area contributed by atoms with Crippen molar-refractivity contribution in [1.82, 2.24) is 4.68 Å². The summed E-state index contributed by atoms with van der Waals surface area (Å²) in [5.74, 6) is 1.19. The highest BCUT2D eigenvalue weighted by Crippen LogP contribution is 2.36. The fourth-order valence-corrected chi connectivity index (χ4v) is 2.65. The van der Waals surface area contributed by atoms with E-state index < -0.39 is 0 Å². The fourth-order valence-electron chi connectivity index (χ4n) is 2.37. The third-order valence-electron chi connectivity index (χ3n) is 3.51. The van der Waals surface area contributed by atoms with Crippen molar-refractivity contribution in [1.29, 1.82) is 0 Å². The molecule has 0 aliphatic heterocycles. The Labute approximate surface area is 138 Å². The molecule has 118 valence electrons. The van der Waals surface area contributed by atoms with E-state index in [9.17, 15) is 5.11 Å². The van der Waals surface area contributed by atoms with Crippen molar-refractivity contribution in [2.75, 3.05) is 14.2 Å². The SMILES string of the molecule is COc1ccc(C=Nn2cc(O)c3ccccc32)c(Cl)c1OC. The number of rotatable bonds is 4. The second-order valence-corrected chi connectivity index (χ2v) is 5.20. The van der Waals surface area contributed by atoms with E-state index in [1.807, 2.05) is 24.3 Å². The predicted molar refractivity (Wildman–Crippen MR) is 91.2 cm³/mol. The summed E-state index contributed by atoms with van der Waals surface area (Å²) >= 11 is 6.33. The molecule has 23 heavy (non-hydrogen) atoms. The lowest BCUT2D eigenvalue weighted by Gasteiger charge is -2.10. The topological polar surface area (TPSA) is 56.0 Å². The van der Waals surface area contributed by atoms with Crippen LogP contribution in [0.5, 0.6) is 17.2 Å². The molecule has 3 aromatic rings. The molecule has 0 bridgehead atoms. The predicted octanol–water partition coefficient (Wildman–Crippen LogP) is 3.90. The fraction of sp³-hybridized carbons (Fsp3) is 0.118. The van der Waals surface area contributed by atoms with Crippen LogP contribution < -0.4 is 9.47 Å². The van der Waals surface area contributed by atoms with Gasteiger partial charge in [0, 0.05) is 10.9 Å². The number of fused-ring (bicyclic) bond motifs is 1. The van der Waals surface area contributed by atoms with E-state index in [0.29, 0.717) is 22.1 Å². The van der Waals surface area contributed by atoms with Crippen LogP contribution in [0.2, 0.25) is 5.02 Å². The van der Waals surface area contributed by atoms with Gasteiger partial charge in [0.05, 0.1) is 37.2 Å². The van der Waals surface area contributed by atoms with Crippen LogP contribution in [0.4, 0.5) is 0 Å². The Bertz CT molecular complexity index is 887. The van der Waals surface area contributed by atoms with Gasteiger partial charge in [0.15, 0.2) is 11.5 Å².